The molecule has 1 fully saturated rings. The molecule has 1 heterocycles. The van der Waals surface area contributed by atoms with Gasteiger partial charge in [0.15, 0.2) is 0 Å². The molecular formula is C16H20BrNO4. The number of benzene rings is 1. The first-order valence-corrected chi connectivity index (χ1v) is 8.15. The van der Waals surface area contributed by atoms with Gasteiger partial charge in [-0.3, -0.25) is 9.59 Å². The number of hydrogen-bond donors (Lipinski definition) is 0. The largest absolute Gasteiger partial charge is 0.496 e. The molecule has 0 atom stereocenters. The van der Waals surface area contributed by atoms with Crippen LogP contribution in [0.5, 0.6) is 5.75 Å². The summed E-state index contributed by atoms with van der Waals surface area (Å²) in [6, 6.07) is 5.36. The van der Waals surface area contributed by atoms with Gasteiger partial charge in [0.2, 0.25) is 0 Å². The molecule has 22 heavy (non-hydrogen) atoms. The van der Waals surface area contributed by atoms with E-state index in [0.29, 0.717) is 43.9 Å². The molecule has 0 N–H and O–H groups in total. The number of likely N-dealkylation sites (tertiary alicyclic amines) is 1. The third kappa shape index (κ3) is 3.80. The van der Waals surface area contributed by atoms with Crippen molar-refractivity contribution in [2.75, 3.05) is 26.8 Å². The van der Waals surface area contributed by atoms with Crippen LogP contribution in [0.2, 0.25) is 0 Å². The quantitative estimate of drug-likeness (QED) is 0.765. The smallest absolute Gasteiger partial charge is 0.309 e. The van der Waals surface area contributed by atoms with E-state index in [1.807, 2.05) is 6.07 Å². The first-order valence-electron chi connectivity index (χ1n) is 7.36. The van der Waals surface area contributed by atoms with E-state index in [1.54, 1.807) is 31.1 Å². The Kier molecular flexibility index (Phi) is 5.83. The number of piperidine rings is 1. The van der Waals surface area contributed by atoms with Crippen molar-refractivity contribution in [1.82, 2.24) is 4.90 Å². The third-order valence-electron chi connectivity index (χ3n) is 3.79. The summed E-state index contributed by atoms with van der Waals surface area (Å²) in [5, 5.41) is 0. The first kappa shape index (κ1) is 16.8. The van der Waals surface area contributed by atoms with Crippen LogP contribution in [0.15, 0.2) is 22.7 Å². The van der Waals surface area contributed by atoms with Crippen LogP contribution in [0, 0.1) is 5.92 Å². The summed E-state index contributed by atoms with van der Waals surface area (Å²) < 4.78 is 11.1. The number of halogens is 1. The highest BCUT2D eigenvalue weighted by Gasteiger charge is 2.29. The maximum absolute atomic E-state index is 12.6. The van der Waals surface area contributed by atoms with Crippen molar-refractivity contribution in [1.29, 1.82) is 0 Å². The van der Waals surface area contributed by atoms with Crippen LogP contribution in [-0.4, -0.2) is 43.6 Å². The minimum absolute atomic E-state index is 0.0690. The van der Waals surface area contributed by atoms with Gasteiger partial charge in [-0.05, 0) is 38.0 Å². The van der Waals surface area contributed by atoms with Gasteiger partial charge in [0.1, 0.15) is 5.75 Å². The average Bonchev–Trinajstić information content (AvgIpc) is 2.54. The monoisotopic (exact) mass is 369 g/mol. The SMILES string of the molecule is CCOC(=O)C1CCN(C(=O)c2cc(Br)ccc2OC)CC1. The molecule has 1 aliphatic rings. The minimum Gasteiger partial charge on any atom is -0.496 e. The molecule has 0 bridgehead atoms. The van der Waals surface area contributed by atoms with Crippen LogP contribution in [0.25, 0.3) is 0 Å². The first-order chi connectivity index (χ1) is 10.6. The lowest BCUT2D eigenvalue weighted by molar-refractivity contribution is -0.149. The van der Waals surface area contributed by atoms with E-state index in [0.717, 1.165) is 4.47 Å². The summed E-state index contributed by atoms with van der Waals surface area (Å²) in [5.74, 6) is 0.226. The number of hydrogen-bond acceptors (Lipinski definition) is 4. The molecule has 0 saturated carbocycles. The number of carbonyl (C=O) groups excluding carboxylic acids is 2. The molecule has 0 radical (unpaired) electrons. The topological polar surface area (TPSA) is 55.8 Å². The van der Waals surface area contributed by atoms with Gasteiger partial charge in [0.25, 0.3) is 5.91 Å². The zero-order valence-corrected chi connectivity index (χ0v) is 14.4. The van der Waals surface area contributed by atoms with Crippen molar-refractivity contribution < 1.29 is 19.1 Å². The van der Waals surface area contributed by atoms with E-state index < -0.39 is 0 Å². The van der Waals surface area contributed by atoms with Gasteiger partial charge in [-0.1, -0.05) is 15.9 Å². The summed E-state index contributed by atoms with van der Waals surface area (Å²) in [5.41, 5.74) is 0.534. The van der Waals surface area contributed by atoms with E-state index in [1.165, 1.54) is 0 Å². The van der Waals surface area contributed by atoms with E-state index in [9.17, 15) is 9.59 Å². The highest BCUT2D eigenvalue weighted by molar-refractivity contribution is 9.10. The molecule has 1 aromatic rings. The minimum atomic E-state index is -0.158. The summed E-state index contributed by atoms with van der Waals surface area (Å²) in [4.78, 5) is 26.1. The van der Waals surface area contributed by atoms with Crippen LogP contribution in [0.4, 0.5) is 0 Å². The van der Waals surface area contributed by atoms with Gasteiger partial charge in [-0.15, -0.1) is 0 Å². The van der Waals surface area contributed by atoms with Crippen LogP contribution >= 0.6 is 15.9 Å². The molecule has 0 aliphatic carbocycles. The lowest BCUT2D eigenvalue weighted by Crippen LogP contribution is -2.40. The molecule has 0 aromatic heterocycles. The fraction of sp³-hybridized carbons (Fsp3) is 0.500. The number of amides is 1. The molecule has 1 amide bonds. The van der Waals surface area contributed by atoms with Crippen LogP contribution < -0.4 is 4.74 Å². The predicted octanol–water partition coefficient (Wildman–Crippen LogP) is 2.87. The van der Waals surface area contributed by atoms with Crippen molar-refractivity contribution in [2.24, 2.45) is 5.92 Å². The van der Waals surface area contributed by atoms with Crippen LogP contribution in [0.3, 0.4) is 0 Å². The fourth-order valence-corrected chi connectivity index (χ4v) is 2.96. The van der Waals surface area contributed by atoms with Crippen molar-refractivity contribution in [3.63, 3.8) is 0 Å². The Labute approximate surface area is 138 Å². The Hall–Kier alpha value is -1.56. The molecule has 1 saturated heterocycles. The van der Waals surface area contributed by atoms with Crippen LogP contribution in [-0.2, 0) is 9.53 Å². The standard InChI is InChI=1S/C16H20BrNO4/c1-3-22-16(20)11-6-8-18(9-7-11)15(19)13-10-12(17)4-5-14(13)21-2/h4-5,10-11H,3,6-9H2,1-2H3. The number of ether oxygens (including phenoxy) is 2. The highest BCUT2D eigenvalue weighted by Crippen LogP contribution is 2.26. The van der Waals surface area contributed by atoms with Gasteiger partial charge in [-0.2, -0.15) is 0 Å². The second-order valence-electron chi connectivity index (χ2n) is 5.16. The zero-order chi connectivity index (χ0) is 16.1. The molecular weight excluding hydrogens is 350 g/mol. The molecule has 2 rings (SSSR count). The Bertz CT molecular complexity index is 553. The van der Waals surface area contributed by atoms with Crippen molar-refractivity contribution in [3.8, 4) is 5.75 Å². The second-order valence-corrected chi connectivity index (χ2v) is 6.08. The zero-order valence-electron chi connectivity index (χ0n) is 12.8. The average molecular weight is 370 g/mol. The third-order valence-corrected chi connectivity index (χ3v) is 4.29. The molecule has 120 valence electrons. The molecule has 1 aliphatic heterocycles. The number of nitrogens with zero attached hydrogens (tertiary/aromatic N) is 1. The number of carbonyl (C=O) groups is 2. The molecule has 0 spiro atoms. The lowest BCUT2D eigenvalue weighted by Gasteiger charge is -2.31. The summed E-state index contributed by atoms with van der Waals surface area (Å²) >= 11 is 3.38. The number of rotatable bonds is 4. The fourth-order valence-electron chi connectivity index (χ4n) is 2.60. The Balaban J connectivity index is 2.04. The normalized spacial score (nSPS) is 15.5. The van der Waals surface area contributed by atoms with Gasteiger partial charge in [0, 0.05) is 17.6 Å². The number of methoxy groups -OCH3 is 1. The summed E-state index contributed by atoms with van der Waals surface area (Å²) in [6.07, 6.45) is 1.28. The Morgan fingerprint density at radius 2 is 2.00 bits per heavy atom. The van der Waals surface area contributed by atoms with E-state index in [2.05, 4.69) is 15.9 Å². The van der Waals surface area contributed by atoms with Crippen molar-refractivity contribution in [2.45, 2.75) is 19.8 Å². The predicted molar refractivity (Wildman–Crippen MR) is 86.0 cm³/mol. The van der Waals surface area contributed by atoms with Gasteiger partial charge in [-0.25, -0.2) is 0 Å². The van der Waals surface area contributed by atoms with E-state index >= 15 is 0 Å². The molecule has 1 aromatic carbocycles. The van der Waals surface area contributed by atoms with Crippen molar-refractivity contribution >= 4 is 27.8 Å². The van der Waals surface area contributed by atoms with E-state index in [-0.39, 0.29) is 17.8 Å². The Morgan fingerprint density at radius 1 is 1.32 bits per heavy atom. The molecule has 6 heteroatoms. The van der Waals surface area contributed by atoms with Gasteiger partial charge in [0.05, 0.1) is 25.2 Å². The number of esters is 1. The lowest BCUT2D eigenvalue weighted by atomic mass is 9.96. The maximum atomic E-state index is 12.6. The summed E-state index contributed by atoms with van der Waals surface area (Å²) in [6.45, 7) is 3.30. The van der Waals surface area contributed by atoms with Crippen molar-refractivity contribution in [3.05, 3.63) is 28.2 Å². The maximum Gasteiger partial charge on any atom is 0.309 e. The van der Waals surface area contributed by atoms with E-state index in [4.69, 9.17) is 9.47 Å². The highest BCUT2D eigenvalue weighted by atomic mass is 79.9. The molecule has 5 nitrogen and oxygen atoms in total. The molecule has 0 unspecified atom stereocenters. The second kappa shape index (κ2) is 7.63. The Morgan fingerprint density at radius 3 is 2.59 bits per heavy atom. The van der Waals surface area contributed by atoms with Gasteiger partial charge < -0.3 is 14.4 Å². The summed E-state index contributed by atoms with van der Waals surface area (Å²) in [7, 11) is 1.55. The van der Waals surface area contributed by atoms with Gasteiger partial charge >= 0.3 is 5.97 Å². The van der Waals surface area contributed by atoms with Crippen LogP contribution in [0.1, 0.15) is 30.1 Å².